The minimum absolute atomic E-state index is 0.0140. The van der Waals surface area contributed by atoms with Crippen LogP contribution < -0.4 is 4.90 Å². The highest BCUT2D eigenvalue weighted by molar-refractivity contribution is 7.99. The number of carbonyl (C=O) groups is 1. The minimum atomic E-state index is 0.0140. The first-order valence-corrected chi connectivity index (χ1v) is 10.4. The van der Waals surface area contributed by atoms with Gasteiger partial charge in [-0.15, -0.1) is 11.7 Å². The van der Waals surface area contributed by atoms with Crippen LogP contribution in [0.3, 0.4) is 0 Å². The molecular formula is C22H22N4OS. The maximum atomic E-state index is 12.8. The predicted molar refractivity (Wildman–Crippen MR) is 113 cm³/mol. The molecule has 1 aromatic heterocycles. The average Bonchev–Trinajstić information content (AvgIpc) is 3.50. The topological polar surface area (TPSA) is 51.0 Å². The van der Waals surface area contributed by atoms with Gasteiger partial charge < -0.3 is 4.90 Å². The summed E-state index contributed by atoms with van der Waals surface area (Å²) >= 11 is 1.38. The van der Waals surface area contributed by atoms with E-state index in [4.69, 9.17) is 4.98 Å². The molecular weight excluding hydrogens is 368 g/mol. The Morgan fingerprint density at radius 3 is 2.46 bits per heavy atom. The average molecular weight is 391 g/mol. The van der Waals surface area contributed by atoms with Gasteiger partial charge in [-0.1, -0.05) is 54.2 Å². The fraction of sp³-hybridized carbons (Fsp3) is 0.227. The Morgan fingerprint density at radius 1 is 1.14 bits per heavy atom. The van der Waals surface area contributed by atoms with Crippen LogP contribution in [-0.4, -0.2) is 33.0 Å². The Balaban J connectivity index is 1.50. The highest BCUT2D eigenvalue weighted by Crippen LogP contribution is 2.40. The molecule has 0 N–H and O–H groups in total. The number of anilines is 1. The van der Waals surface area contributed by atoms with Gasteiger partial charge in [-0.3, -0.25) is 4.79 Å². The first kappa shape index (κ1) is 18.5. The maximum absolute atomic E-state index is 12.8. The Labute approximate surface area is 169 Å². The Hall–Kier alpha value is -2.86. The third kappa shape index (κ3) is 4.17. The lowest BCUT2D eigenvalue weighted by Gasteiger charge is -2.20. The number of nitrogens with zero attached hydrogens (tertiary/aromatic N) is 4. The van der Waals surface area contributed by atoms with Crippen molar-refractivity contribution in [2.45, 2.75) is 23.9 Å². The Kier molecular flexibility index (Phi) is 5.58. The molecule has 0 bridgehead atoms. The molecule has 28 heavy (non-hydrogen) atoms. The largest absolute Gasteiger partial charge is 0.308 e. The molecule has 1 fully saturated rings. The molecule has 0 aliphatic heterocycles. The lowest BCUT2D eigenvalue weighted by Crippen LogP contribution is -2.32. The smallest absolute Gasteiger partial charge is 0.237 e. The highest BCUT2D eigenvalue weighted by Gasteiger charge is 2.30. The van der Waals surface area contributed by atoms with Crippen molar-refractivity contribution in [3.05, 3.63) is 79.1 Å². The summed E-state index contributed by atoms with van der Waals surface area (Å²) in [6, 6.07) is 19.7. The second kappa shape index (κ2) is 8.44. The maximum Gasteiger partial charge on any atom is 0.237 e. The summed E-state index contributed by atoms with van der Waals surface area (Å²) in [5, 5.41) is 5.31. The summed E-state index contributed by atoms with van der Waals surface area (Å²) < 4.78 is 1.92. The third-order valence-electron chi connectivity index (χ3n) is 4.56. The second-order valence-electron chi connectivity index (χ2n) is 6.69. The molecule has 0 atom stereocenters. The van der Waals surface area contributed by atoms with Gasteiger partial charge >= 0.3 is 0 Å². The fourth-order valence-corrected chi connectivity index (χ4v) is 3.73. The molecule has 1 amide bonds. The van der Waals surface area contributed by atoms with Gasteiger partial charge in [-0.25, -0.2) is 9.67 Å². The minimum Gasteiger partial charge on any atom is -0.308 e. The number of rotatable bonds is 8. The fourth-order valence-electron chi connectivity index (χ4n) is 3.02. The molecule has 142 valence electrons. The van der Waals surface area contributed by atoms with Gasteiger partial charge in [0.05, 0.1) is 11.4 Å². The van der Waals surface area contributed by atoms with Crippen LogP contribution in [0.2, 0.25) is 0 Å². The normalized spacial score (nSPS) is 13.3. The molecule has 1 heterocycles. The van der Waals surface area contributed by atoms with E-state index in [1.54, 1.807) is 11.0 Å². The van der Waals surface area contributed by atoms with Crippen LogP contribution >= 0.6 is 11.8 Å². The van der Waals surface area contributed by atoms with Crippen molar-refractivity contribution < 1.29 is 4.79 Å². The van der Waals surface area contributed by atoms with Gasteiger partial charge in [0.1, 0.15) is 5.82 Å². The number of aromatic nitrogens is 3. The van der Waals surface area contributed by atoms with E-state index in [1.807, 2.05) is 65.3 Å². The van der Waals surface area contributed by atoms with Crippen molar-refractivity contribution in [2.24, 2.45) is 0 Å². The molecule has 3 aromatic rings. The Bertz CT molecular complexity index is 951. The van der Waals surface area contributed by atoms with Gasteiger partial charge in [0.15, 0.2) is 0 Å². The molecule has 5 nitrogen and oxygen atoms in total. The zero-order valence-electron chi connectivity index (χ0n) is 15.6. The first-order valence-electron chi connectivity index (χ1n) is 9.37. The molecule has 0 radical (unpaired) electrons. The van der Waals surface area contributed by atoms with E-state index in [0.717, 1.165) is 30.0 Å². The molecule has 4 rings (SSSR count). The quantitative estimate of drug-likeness (QED) is 0.421. The second-order valence-corrected chi connectivity index (χ2v) is 7.63. The number of amides is 1. The van der Waals surface area contributed by atoms with Gasteiger partial charge in [-0.2, -0.15) is 0 Å². The van der Waals surface area contributed by atoms with Crippen LogP contribution in [0.4, 0.5) is 5.69 Å². The van der Waals surface area contributed by atoms with E-state index in [2.05, 4.69) is 11.7 Å². The van der Waals surface area contributed by atoms with Crippen molar-refractivity contribution in [3.8, 4) is 5.69 Å². The summed E-state index contributed by atoms with van der Waals surface area (Å²) in [5.74, 6) is 1.76. The zero-order valence-corrected chi connectivity index (χ0v) is 16.4. The number of hydrogen-bond donors (Lipinski definition) is 0. The summed E-state index contributed by atoms with van der Waals surface area (Å²) in [6.07, 6.45) is 4.04. The van der Waals surface area contributed by atoms with E-state index in [9.17, 15) is 4.79 Å². The zero-order chi connectivity index (χ0) is 19.3. The molecule has 1 aliphatic rings. The van der Waals surface area contributed by atoms with E-state index >= 15 is 0 Å². The molecule has 1 saturated carbocycles. The molecule has 2 aromatic carbocycles. The number of benzene rings is 2. The molecule has 6 heteroatoms. The van der Waals surface area contributed by atoms with Gasteiger partial charge in [0.25, 0.3) is 0 Å². The number of hydrogen-bond acceptors (Lipinski definition) is 4. The van der Waals surface area contributed by atoms with Crippen LogP contribution in [0.5, 0.6) is 0 Å². The number of carbonyl (C=O) groups excluding carboxylic acids is 1. The van der Waals surface area contributed by atoms with Crippen LogP contribution in [-0.2, 0) is 4.79 Å². The molecule has 0 spiro atoms. The van der Waals surface area contributed by atoms with Crippen LogP contribution in [0, 0.1) is 0 Å². The van der Waals surface area contributed by atoms with Crippen molar-refractivity contribution in [1.82, 2.24) is 14.8 Å². The van der Waals surface area contributed by atoms with E-state index in [-0.39, 0.29) is 11.7 Å². The number of para-hydroxylation sites is 2. The first-order chi connectivity index (χ1) is 13.8. The molecule has 1 aliphatic carbocycles. The van der Waals surface area contributed by atoms with Crippen molar-refractivity contribution in [1.29, 1.82) is 0 Å². The predicted octanol–water partition coefficient (Wildman–Crippen LogP) is 4.46. The standard InChI is InChI=1S/C22H22N4OS/c1-2-15-25(18-9-5-3-6-10-18)20(27)16-28-22-23-21(17-13-14-17)26(24-22)19-11-7-4-8-12-19/h2-12,17H,1,13-16H2. The lowest BCUT2D eigenvalue weighted by atomic mass is 10.3. The Morgan fingerprint density at radius 2 is 1.82 bits per heavy atom. The van der Waals surface area contributed by atoms with Crippen LogP contribution in [0.1, 0.15) is 24.6 Å². The van der Waals surface area contributed by atoms with E-state index < -0.39 is 0 Å². The summed E-state index contributed by atoms with van der Waals surface area (Å²) in [6.45, 7) is 4.25. The molecule has 0 unspecified atom stereocenters. The lowest BCUT2D eigenvalue weighted by molar-refractivity contribution is -0.116. The van der Waals surface area contributed by atoms with Crippen molar-refractivity contribution >= 4 is 23.4 Å². The summed E-state index contributed by atoms with van der Waals surface area (Å²) in [4.78, 5) is 19.3. The van der Waals surface area contributed by atoms with Crippen molar-refractivity contribution in [2.75, 3.05) is 17.2 Å². The van der Waals surface area contributed by atoms with E-state index in [0.29, 0.717) is 17.6 Å². The third-order valence-corrected chi connectivity index (χ3v) is 5.38. The van der Waals surface area contributed by atoms with Crippen LogP contribution in [0.15, 0.2) is 78.5 Å². The van der Waals surface area contributed by atoms with Gasteiger partial charge in [0.2, 0.25) is 11.1 Å². The van der Waals surface area contributed by atoms with Gasteiger partial charge in [0, 0.05) is 18.2 Å². The summed E-state index contributed by atoms with van der Waals surface area (Å²) in [5.41, 5.74) is 1.88. The van der Waals surface area contributed by atoms with Gasteiger partial charge in [-0.05, 0) is 37.1 Å². The van der Waals surface area contributed by atoms with Crippen molar-refractivity contribution in [3.63, 3.8) is 0 Å². The number of thioether (sulfide) groups is 1. The monoisotopic (exact) mass is 390 g/mol. The molecule has 0 saturated heterocycles. The summed E-state index contributed by atoms with van der Waals surface area (Å²) in [7, 11) is 0. The SMILES string of the molecule is C=CCN(C(=O)CSc1nc(C2CC2)n(-c2ccccc2)n1)c1ccccc1. The van der Waals surface area contributed by atoms with Crippen LogP contribution in [0.25, 0.3) is 5.69 Å². The highest BCUT2D eigenvalue weighted by atomic mass is 32.2. The van der Waals surface area contributed by atoms with E-state index in [1.165, 1.54) is 11.8 Å².